The number of halogens is 1. The van der Waals surface area contributed by atoms with Gasteiger partial charge in [0.1, 0.15) is 39.9 Å². The lowest BCUT2D eigenvalue weighted by Gasteiger charge is -2.43. The molecule has 1 aromatic carbocycles. The maximum absolute atomic E-state index is 14.4. The molecule has 4 aliphatic rings. The first-order valence-electron chi connectivity index (χ1n) is 17.8. The van der Waals surface area contributed by atoms with Crippen molar-refractivity contribution in [3.8, 4) is 22.9 Å². The zero-order valence-electron chi connectivity index (χ0n) is 30.6. The number of methoxy groups -OCH3 is 1. The number of rotatable bonds is 11. The highest BCUT2D eigenvalue weighted by atomic mass is 35.5. The lowest BCUT2D eigenvalue weighted by atomic mass is 9.84. The second-order valence-electron chi connectivity index (χ2n) is 15.8. The van der Waals surface area contributed by atoms with E-state index in [0.717, 1.165) is 5.01 Å². The van der Waals surface area contributed by atoms with Gasteiger partial charge in [-0.1, -0.05) is 52.3 Å². The largest absolute Gasteiger partial charge is 0.495 e. The number of piperazine rings is 1. The topological polar surface area (TPSA) is 169 Å². The van der Waals surface area contributed by atoms with Gasteiger partial charge in [0.05, 0.1) is 40.7 Å². The molecule has 2 saturated carbocycles. The fraction of sp³-hybridized carbons (Fsp3) is 0.541. The van der Waals surface area contributed by atoms with Gasteiger partial charge in [-0.25, -0.2) is 18.4 Å². The third-order valence-corrected chi connectivity index (χ3v) is 14.0. The van der Waals surface area contributed by atoms with Crippen LogP contribution in [0, 0.1) is 11.3 Å². The first-order valence-corrected chi connectivity index (χ1v) is 20.6. The molecule has 2 aliphatic carbocycles. The van der Waals surface area contributed by atoms with Gasteiger partial charge in [-0.05, 0) is 36.8 Å². The minimum atomic E-state index is -3.87. The maximum atomic E-state index is 14.4. The Labute approximate surface area is 318 Å². The Hall–Kier alpha value is -3.79. The van der Waals surface area contributed by atoms with Crippen LogP contribution in [0.5, 0.6) is 11.5 Å². The van der Waals surface area contributed by atoms with Crippen LogP contribution in [0.3, 0.4) is 0 Å². The average Bonchev–Trinajstić information content (AvgIpc) is 3.99. The van der Waals surface area contributed by atoms with Crippen molar-refractivity contribution >= 4 is 61.6 Å². The minimum Gasteiger partial charge on any atom is -0.495 e. The number of ether oxygens (including phenoxy) is 2. The number of pyridine rings is 1. The maximum Gasteiger partial charge on any atom is 0.259 e. The summed E-state index contributed by atoms with van der Waals surface area (Å²) in [6, 6.07) is 3.19. The van der Waals surface area contributed by atoms with Crippen molar-refractivity contribution in [1.82, 2.24) is 30.2 Å². The van der Waals surface area contributed by atoms with E-state index in [1.165, 1.54) is 24.5 Å². The van der Waals surface area contributed by atoms with Crippen molar-refractivity contribution in [2.24, 2.45) is 11.3 Å². The van der Waals surface area contributed by atoms with E-state index in [1.807, 2.05) is 32.2 Å². The summed E-state index contributed by atoms with van der Waals surface area (Å²) in [5.74, 6) is -0.992. The number of hydrogen-bond acceptors (Lipinski definition) is 11. The summed E-state index contributed by atoms with van der Waals surface area (Å²) in [6.45, 7) is 14.1. The molecule has 4 heterocycles. The molecule has 2 aliphatic heterocycles. The van der Waals surface area contributed by atoms with Gasteiger partial charge in [0.2, 0.25) is 21.8 Å². The van der Waals surface area contributed by atoms with Crippen LogP contribution in [0.1, 0.15) is 71.2 Å². The van der Waals surface area contributed by atoms with E-state index in [2.05, 4.69) is 35.8 Å². The molecular formula is C37H45ClN6O7S2. The third-order valence-electron chi connectivity index (χ3n) is 10.7. The highest BCUT2D eigenvalue weighted by molar-refractivity contribution is 7.91. The number of carbonyl (C=O) groups excluding carboxylic acids is 3. The molecule has 0 bridgehead atoms. The zero-order chi connectivity index (χ0) is 38.2. The van der Waals surface area contributed by atoms with Gasteiger partial charge in [0, 0.05) is 41.6 Å². The summed E-state index contributed by atoms with van der Waals surface area (Å²) >= 11 is 8.36. The zero-order valence-corrected chi connectivity index (χ0v) is 33.0. The average molecular weight is 785 g/mol. The smallest absolute Gasteiger partial charge is 0.259 e. The lowest BCUT2D eigenvalue weighted by molar-refractivity contribution is -0.148. The molecule has 3 aromatic rings. The number of aromatic nitrogens is 2. The van der Waals surface area contributed by atoms with E-state index >= 15 is 0 Å². The number of benzene rings is 1. The molecule has 7 rings (SSSR count). The minimum absolute atomic E-state index is 0.106. The summed E-state index contributed by atoms with van der Waals surface area (Å²) in [5.41, 5.74) is -0.321. The molecule has 0 unspecified atom stereocenters. The number of carbonyl (C=O) groups is 3. The summed E-state index contributed by atoms with van der Waals surface area (Å²) in [4.78, 5) is 53.5. The second-order valence-corrected chi connectivity index (χ2v) is 19.0. The van der Waals surface area contributed by atoms with E-state index in [0.29, 0.717) is 58.2 Å². The van der Waals surface area contributed by atoms with Crippen LogP contribution in [-0.2, 0) is 24.4 Å². The molecule has 2 saturated heterocycles. The van der Waals surface area contributed by atoms with Crippen molar-refractivity contribution in [2.45, 2.75) is 101 Å². The van der Waals surface area contributed by atoms with Crippen LogP contribution >= 0.6 is 22.9 Å². The Kier molecular flexibility index (Phi) is 9.56. The Morgan fingerprint density at radius 1 is 1.19 bits per heavy atom. The highest BCUT2D eigenvalue weighted by Crippen LogP contribution is 2.46. The fourth-order valence-corrected chi connectivity index (χ4v) is 9.88. The first kappa shape index (κ1) is 37.5. The van der Waals surface area contributed by atoms with E-state index < -0.39 is 68.2 Å². The lowest BCUT2D eigenvalue weighted by Crippen LogP contribution is -2.67. The van der Waals surface area contributed by atoms with Crippen LogP contribution in [0.4, 0.5) is 0 Å². The summed E-state index contributed by atoms with van der Waals surface area (Å²) in [6.07, 6.45) is 2.13. The van der Waals surface area contributed by atoms with Gasteiger partial charge in [0.25, 0.3) is 5.91 Å². The second kappa shape index (κ2) is 13.5. The number of thiazole rings is 1. The molecule has 2 aromatic heterocycles. The molecule has 0 radical (unpaired) electrons. The van der Waals surface area contributed by atoms with E-state index in [-0.39, 0.29) is 24.7 Å². The summed E-state index contributed by atoms with van der Waals surface area (Å²) in [5, 5.41) is 9.46. The molecule has 3 N–H and O–H groups in total. The van der Waals surface area contributed by atoms with Crippen LogP contribution in [0.2, 0.25) is 5.02 Å². The Balaban J connectivity index is 1.24. The third kappa shape index (κ3) is 6.78. The van der Waals surface area contributed by atoms with Gasteiger partial charge in [-0.15, -0.1) is 17.9 Å². The van der Waals surface area contributed by atoms with Gasteiger partial charge < -0.3 is 25.0 Å². The van der Waals surface area contributed by atoms with Crippen molar-refractivity contribution in [3.63, 3.8) is 0 Å². The molecule has 13 nitrogen and oxygen atoms in total. The SMILES string of the molecule is C=C[C@@H]1C[C@]1(NC(=O)[C@@H]1C[C@@H](Oc2cc(-c3csc(C(C)C)n3)nc3c(Cl)c(OC)ccc23)[C@H]2CN[C@H](C(C)(C)C)C(=O)N21)C(=O)NS(=O)(=O)C1CC1. The molecule has 284 valence electrons. The summed E-state index contributed by atoms with van der Waals surface area (Å²) < 4.78 is 40.0. The number of nitrogens with one attached hydrogen (secondary N) is 3. The Morgan fingerprint density at radius 3 is 2.53 bits per heavy atom. The van der Waals surface area contributed by atoms with Crippen molar-refractivity contribution in [2.75, 3.05) is 13.7 Å². The number of nitrogens with zero attached hydrogens (tertiary/aromatic N) is 3. The number of fused-ring (bicyclic) bond motifs is 2. The van der Waals surface area contributed by atoms with Gasteiger partial charge in [0.15, 0.2) is 0 Å². The van der Waals surface area contributed by atoms with Crippen molar-refractivity contribution in [3.05, 3.63) is 46.3 Å². The van der Waals surface area contributed by atoms with E-state index in [1.54, 1.807) is 17.0 Å². The van der Waals surface area contributed by atoms with Crippen LogP contribution in [0.15, 0.2) is 36.2 Å². The molecule has 0 spiro atoms. The summed E-state index contributed by atoms with van der Waals surface area (Å²) in [7, 11) is -2.34. The number of hydrogen-bond donors (Lipinski definition) is 3. The Bertz CT molecular complexity index is 2110. The van der Waals surface area contributed by atoms with Crippen LogP contribution in [0.25, 0.3) is 22.3 Å². The van der Waals surface area contributed by atoms with Crippen LogP contribution < -0.4 is 24.8 Å². The molecule has 6 atom stereocenters. The van der Waals surface area contributed by atoms with E-state index in [9.17, 15) is 22.8 Å². The molecular weight excluding hydrogens is 740 g/mol. The molecule has 16 heteroatoms. The quantitative estimate of drug-likeness (QED) is 0.235. The standard InChI is InChI=1S/C37H45ClN6O7S2/c1-8-19-15-37(19,35(47)43-53(48,49)20-9-10-20)42-32(45)24-14-28(25-16-39-31(36(4,5)6)34(46)44(24)25)51-27-13-22(23-17-52-33(41-23)18(2)3)40-30-21(27)11-12-26(50-7)29(30)38/h8,11-13,17-20,24-25,28,31,39H,1,9-10,14-16H2,2-7H3,(H,42,45)(H,43,47)/t19-,24+,25-,28-,31+,37-/m1/s1. The van der Waals surface area contributed by atoms with Gasteiger partial charge in [-0.3, -0.25) is 19.1 Å². The van der Waals surface area contributed by atoms with Crippen molar-refractivity contribution < 1.29 is 32.3 Å². The van der Waals surface area contributed by atoms with Crippen LogP contribution in [-0.4, -0.2) is 89.7 Å². The van der Waals surface area contributed by atoms with Gasteiger partial charge in [-0.2, -0.15) is 0 Å². The monoisotopic (exact) mass is 784 g/mol. The Morgan fingerprint density at radius 2 is 1.92 bits per heavy atom. The first-order chi connectivity index (χ1) is 25.0. The molecule has 53 heavy (non-hydrogen) atoms. The van der Waals surface area contributed by atoms with E-state index in [4.69, 9.17) is 31.0 Å². The van der Waals surface area contributed by atoms with Gasteiger partial charge >= 0.3 is 0 Å². The normalized spacial score (nSPS) is 27.1. The number of amides is 3. The highest BCUT2D eigenvalue weighted by Gasteiger charge is 2.63. The molecule has 3 amide bonds. The fourth-order valence-electron chi connectivity index (χ4n) is 7.41. The number of sulfonamides is 1. The molecule has 4 fully saturated rings. The predicted molar refractivity (Wildman–Crippen MR) is 202 cm³/mol. The predicted octanol–water partition coefficient (Wildman–Crippen LogP) is 4.55. The van der Waals surface area contributed by atoms with Crippen molar-refractivity contribution in [1.29, 1.82) is 0 Å².